The highest BCUT2D eigenvalue weighted by Gasteiger charge is 2.18. The zero-order chi connectivity index (χ0) is 15.4. The van der Waals surface area contributed by atoms with Crippen LogP contribution in [0.1, 0.15) is 34.6 Å². The number of carbonyl (C=O) groups excluding carboxylic acids is 1. The molecule has 0 aliphatic carbocycles. The summed E-state index contributed by atoms with van der Waals surface area (Å²) in [6.07, 6.45) is 1.48. The van der Waals surface area contributed by atoms with E-state index < -0.39 is 0 Å². The molecule has 0 saturated heterocycles. The van der Waals surface area contributed by atoms with Gasteiger partial charge in [-0.25, -0.2) is 5.84 Å². The number of benzene rings is 1. The number of nitrogens with two attached hydrogens (primary N) is 1. The van der Waals surface area contributed by atoms with Gasteiger partial charge < -0.3 is 4.42 Å². The van der Waals surface area contributed by atoms with Gasteiger partial charge >= 0.3 is 0 Å². The van der Waals surface area contributed by atoms with Crippen LogP contribution in [-0.4, -0.2) is 17.9 Å². The van der Waals surface area contributed by atoms with Crippen LogP contribution in [0.3, 0.4) is 0 Å². The number of amides is 1. The second-order valence-electron chi connectivity index (χ2n) is 4.88. The first-order chi connectivity index (χ1) is 10.0. The van der Waals surface area contributed by atoms with E-state index in [4.69, 9.17) is 21.9 Å². The highest BCUT2D eigenvalue weighted by Crippen LogP contribution is 2.24. The van der Waals surface area contributed by atoms with Crippen molar-refractivity contribution < 1.29 is 9.21 Å². The van der Waals surface area contributed by atoms with Crippen LogP contribution in [0.4, 0.5) is 0 Å². The first kappa shape index (κ1) is 15.6. The maximum absolute atomic E-state index is 11.6. The molecular formula is C15H18ClN3O2. The van der Waals surface area contributed by atoms with Crippen LogP contribution < -0.4 is 11.3 Å². The topological polar surface area (TPSA) is 71.5 Å². The molecular weight excluding hydrogens is 290 g/mol. The molecule has 1 aromatic heterocycles. The predicted molar refractivity (Wildman–Crippen MR) is 81.7 cm³/mol. The van der Waals surface area contributed by atoms with Crippen LogP contribution in [0.25, 0.3) is 0 Å². The van der Waals surface area contributed by atoms with E-state index in [0.717, 1.165) is 5.56 Å². The highest BCUT2D eigenvalue weighted by molar-refractivity contribution is 6.30. The van der Waals surface area contributed by atoms with E-state index in [2.05, 4.69) is 17.2 Å². The summed E-state index contributed by atoms with van der Waals surface area (Å²) in [6.45, 7) is 2.56. The molecule has 0 aliphatic rings. The first-order valence-corrected chi connectivity index (χ1v) is 6.93. The van der Waals surface area contributed by atoms with Gasteiger partial charge in [0, 0.05) is 11.1 Å². The standard InChI is InChI=1S/C15H18ClN3O2/c1-10(11-4-3-5-12(16)8-11)19(2)9-14-13(6-7-21-14)15(20)18-17/h3-8,10H,9,17H2,1-2H3,(H,18,20). The Labute approximate surface area is 128 Å². The van der Waals surface area contributed by atoms with Crippen LogP contribution in [0.2, 0.25) is 5.02 Å². The lowest BCUT2D eigenvalue weighted by Crippen LogP contribution is -2.31. The monoisotopic (exact) mass is 307 g/mol. The van der Waals surface area contributed by atoms with Crippen molar-refractivity contribution in [3.8, 4) is 0 Å². The number of nitrogens with zero attached hydrogens (tertiary/aromatic N) is 1. The van der Waals surface area contributed by atoms with Crippen LogP contribution in [0.15, 0.2) is 41.0 Å². The molecule has 0 spiro atoms. The van der Waals surface area contributed by atoms with Gasteiger partial charge in [-0.1, -0.05) is 23.7 Å². The van der Waals surface area contributed by atoms with Crippen molar-refractivity contribution in [2.45, 2.75) is 19.5 Å². The molecule has 1 unspecified atom stereocenters. The van der Waals surface area contributed by atoms with Gasteiger partial charge in [0.2, 0.25) is 0 Å². The predicted octanol–water partition coefficient (Wildman–Crippen LogP) is 2.73. The molecule has 5 nitrogen and oxygen atoms in total. The highest BCUT2D eigenvalue weighted by atomic mass is 35.5. The van der Waals surface area contributed by atoms with Crippen LogP contribution in [-0.2, 0) is 6.54 Å². The minimum absolute atomic E-state index is 0.127. The second-order valence-corrected chi connectivity index (χ2v) is 5.31. The van der Waals surface area contributed by atoms with Crippen molar-refractivity contribution in [3.05, 3.63) is 58.5 Å². The number of hydrazine groups is 1. The quantitative estimate of drug-likeness (QED) is 0.506. The summed E-state index contributed by atoms with van der Waals surface area (Å²) in [5.74, 6) is 5.38. The zero-order valence-electron chi connectivity index (χ0n) is 12.0. The summed E-state index contributed by atoms with van der Waals surface area (Å²) < 4.78 is 5.38. The Hall–Kier alpha value is -1.82. The number of halogens is 1. The Balaban J connectivity index is 2.13. The number of carbonyl (C=O) groups is 1. The molecule has 0 fully saturated rings. The lowest BCUT2D eigenvalue weighted by Gasteiger charge is -2.24. The SMILES string of the molecule is CC(c1cccc(Cl)c1)N(C)Cc1occc1C(=O)NN. The molecule has 21 heavy (non-hydrogen) atoms. The molecule has 1 atom stereocenters. The fourth-order valence-corrected chi connectivity index (χ4v) is 2.33. The fraction of sp³-hybridized carbons (Fsp3) is 0.267. The fourth-order valence-electron chi connectivity index (χ4n) is 2.13. The van der Waals surface area contributed by atoms with E-state index in [1.807, 2.05) is 31.3 Å². The number of rotatable bonds is 5. The third-order valence-corrected chi connectivity index (χ3v) is 3.74. The number of hydrogen-bond acceptors (Lipinski definition) is 4. The van der Waals surface area contributed by atoms with Crippen molar-refractivity contribution in [2.75, 3.05) is 7.05 Å². The minimum atomic E-state index is -0.359. The van der Waals surface area contributed by atoms with Gasteiger partial charge in [-0.2, -0.15) is 0 Å². The van der Waals surface area contributed by atoms with Crippen molar-refractivity contribution in [1.29, 1.82) is 0 Å². The molecule has 0 radical (unpaired) electrons. The maximum atomic E-state index is 11.6. The zero-order valence-corrected chi connectivity index (χ0v) is 12.7. The summed E-state index contributed by atoms with van der Waals surface area (Å²) >= 11 is 6.02. The van der Waals surface area contributed by atoms with Gasteiger partial charge in [-0.15, -0.1) is 0 Å². The lowest BCUT2D eigenvalue weighted by atomic mass is 10.1. The maximum Gasteiger partial charge on any atom is 0.268 e. The molecule has 0 saturated carbocycles. The average Bonchev–Trinajstić information content (AvgIpc) is 2.93. The summed E-state index contributed by atoms with van der Waals surface area (Å²) in [4.78, 5) is 13.7. The Morgan fingerprint density at radius 2 is 2.24 bits per heavy atom. The molecule has 1 amide bonds. The van der Waals surface area contributed by atoms with Crippen molar-refractivity contribution >= 4 is 17.5 Å². The van der Waals surface area contributed by atoms with Crippen LogP contribution in [0, 0.1) is 0 Å². The van der Waals surface area contributed by atoms with Crippen molar-refractivity contribution in [2.24, 2.45) is 5.84 Å². The van der Waals surface area contributed by atoms with Crippen molar-refractivity contribution in [3.63, 3.8) is 0 Å². The molecule has 1 heterocycles. The second kappa shape index (κ2) is 6.76. The van der Waals surface area contributed by atoms with Gasteiger partial charge in [0.15, 0.2) is 0 Å². The smallest absolute Gasteiger partial charge is 0.268 e. The molecule has 2 aromatic rings. The Morgan fingerprint density at radius 1 is 1.48 bits per heavy atom. The number of nitrogen functional groups attached to an aromatic ring is 1. The van der Waals surface area contributed by atoms with E-state index in [1.165, 1.54) is 6.26 Å². The molecule has 0 bridgehead atoms. The van der Waals surface area contributed by atoms with E-state index in [1.54, 1.807) is 6.07 Å². The van der Waals surface area contributed by atoms with E-state index in [9.17, 15) is 4.79 Å². The number of furan rings is 1. The largest absolute Gasteiger partial charge is 0.467 e. The third kappa shape index (κ3) is 3.64. The summed E-state index contributed by atoms with van der Waals surface area (Å²) in [6, 6.07) is 9.44. The van der Waals surface area contributed by atoms with Gasteiger partial charge in [0.25, 0.3) is 5.91 Å². The molecule has 2 rings (SSSR count). The number of hydrogen-bond donors (Lipinski definition) is 2. The molecule has 1 aromatic carbocycles. The summed E-state index contributed by atoms with van der Waals surface area (Å²) in [7, 11) is 1.96. The van der Waals surface area contributed by atoms with Crippen LogP contribution in [0.5, 0.6) is 0 Å². The van der Waals surface area contributed by atoms with Crippen LogP contribution >= 0.6 is 11.6 Å². The minimum Gasteiger partial charge on any atom is -0.467 e. The lowest BCUT2D eigenvalue weighted by molar-refractivity contribution is 0.0949. The summed E-state index contributed by atoms with van der Waals surface area (Å²) in [5, 5.41) is 0.703. The normalized spacial score (nSPS) is 12.4. The van der Waals surface area contributed by atoms with E-state index >= 15 is 0 Å². The average molecular weight is 308 g/mol. The first-order valence-electron chi connectivity index (χ1n) is 6.56. The summed E-state index contributed by atoms with van der Waals surface area (Å²) in [5.41, 5.74) is 3.66. The molecule has 112 valence electrons. The Bertz CT molecular complexity index is 627. The van der Waals surface area contributed by atoms with E-state index in [-0.39, 0.29) is 11.9 Å². The Kier molecular flexibility index (Phi) is 5.01. The van der Waals surface area contributed by atoms with Gasteiger partial charge in [0.1, 0.15) is 5.76 Å². The Morgan fingerprint density at radius 3 is 2.90 bits per heavy atom. The van der Waals surface area contributed by atoms with Crippen molar-refractivity contribution in [1.82, 2.24) is 10.3 Å². The van der Waals surface area contributed by atoms with Gasteiger partial charge in [-0.3, -0.25) is 15.1 Å². The molecule has 3 N–H and O–H groups in total. The third-order valence-electron chi connectivity index (χ3n) is 3.51. The molecule has 0 aliphatic heterocycles. The van der Waals surface area contributed by atoms with Gasteiger partial charge in [0.05, 0.1) is 18.4 Å². The molecule has 6 heteroatoms. The number of nitrogens with one attached hydrogen (secondary N) is 1. The van der Waals surface area contributed by atoms with Gasteiger partial charge in [-0.05, 0) is 37.7 Å². The van der Waals surface area contributed by atoms with E-state index in [0.29, 0.717) is 22.9 Å².